The van der Waals surface area contributed by atoms with Gasteiger partial charge in [0.1, 0.15) is 16.4 Å². The maximum Gasteiger partial charge on any atom is 0.353 e. The summed E-state index contributed by atoms with van der Waals surface area (Å²) in [5.74, 6) is -0.229. The van der Waals surface area contributed by atoms with Crippen LogP contribution in [0.25, 0.3) is 0 Å². The number of methoxy groups -OCH3 is 1. The van der Waals surface area contributed by atoms with Gasteiger partial charge in [0.25, 0.3) is 11.8 Å². The number of hydrogen-bond acceptors (Lipinski definition) is 7. The predicted molar refractivity (Wildman–Crippen MR) is 117 cm³/mol. The Morgan fingerprint density at radius 2 is 1.71 bits per heavy atom. The maximum absolute atomic E-state index is 12.0. The molecule has 0 aliphatic rings. The maximum atomic E-state index is 12.0. The van der Waals surface area contributed by atoms with E-state index in [1.165, 1.54) is 24.7 Å². The fraction of sp³-hybridized carbons (Fsp3) is 0.0909. The molecule has 2 aromatic carbocycles. The highest BCUT2D eigenvalue weighted by molar-refractivity contribution is 7.12. The minimum atomic E-state index is -0.473. The average molecular weight is 437 g/mol. The van der Waals surface area contributed by atoms with Gasteiger partial charge < -0.3 is 14.8 Å². The molecule has 158 valence electrons. The molecule has 2 N–H and O–H groups in total. The molecule has 0 fully saturated rings. The first kappa shape index (κ1) is 21.7. The van der Waals surface area contributed by atoms with Crippen LogP contribution in [0.2, 0.25) is 0 Å². The standard InChI is InChI=1S/C22H19N3O5S/c1-29-17-10-6-16(7-11-17)21(27)23-14-20(26)25-24-13-15-4-8-18(9-5-15)30-22(28)19-3-2-12-31-19/h2-13H,14H2,1H3,(H,23,27)(H,25,26). The quantitative estimate of drug-likeness (QED) is 0.244. The Kier molecular flexibility index (Phi) is 7.50. The summed E-state index contributed by atoms with van der Waals surface area (Å²) < 4.78 is 10.3. The molecule has 9 heteroatoms. The molecule has 0 atom stereocenters. The van der Waals surface area contributed by atoms with E-state index < -0.39 is 11.9 Å². The normalized spacial score (nSPS) is 10.5. The number of esters is 1. The van der Waals surface area contributed by atoms with Crippen molar-refractivity contribution in [2.75, 3.05) is 13.7 Å². The minimum Gasteiger partial charge on any atom is -0.497 e. The first-order chi connectivity index (χ1) is 15.0. The number of hydrogen-bond donors (Lipinski definition) is 2. The van der Waals surface area contributed by atoms with Gasteiger partial charge in [-0.15, -0.1) is 11.3 Å². The van der Waals surface area contributed by atoms with E-state index in [-0.39, 0.29) is 12.5 Å². The van der Waals surface area contributed by atoms with E-state index in [0.717, 1.165) is 0 Å². The van der Waals surface area contributed by atoms with E-state index in [1.54, 1.807) is 66.0 Å². The van der Waals surface area contributed by atoms with Crippen LogP contribution in [0.1, 0.15) is 25.6 Å². The molecule has 0 radical (unpaired) electrons. The Morgan fingerprint density at radius 1 is 1.00 bits per heavy atom. The molecule has 0 aliphatic heterocycles. The molecule has 0 unspecified atom stereocenters. The SMILES string of the molecule is COc1ccc(C(=O)NCC(=O)NN=Cc2ccc(OC(=O)c3cccs3)cc2)cc1. The summed E-state index contributed by atoms with van der Waals surface area (Å²) in [6, 6.07) is 16.6. The van der Waals surface area contributed by atoms with E-state index in [9.17, 15) is 14.4 Å². The number of carbonyl (C=O) groups is 3. The van der Waals surface area contributed by atoms with Crippen LogP contribution in [0.3, 0.4) is 0 Å². The van der Waals surface area contributed by atoms with Crippen LogP contribution in [0.15, 0.2) is 71.1 Å². The summed E-state index contributed by atoms with van der Waals surface area (Å²) in [7, 11) is 1.54. The van der Waals surface area contributed by atoms with Gasteiger partial charge in [0.2, 0.25) is 0 Å². The first-order valence-electron chi connectivity index (χ1n) is 9.15. The molecule has 0 saturated carbocycles. The van der Waals surface area contributed by atoms with Crippen molar-refractivity contribution in [2.45, 2.75) is 0 Å². The zero-order valence-corrected chi connectivity index (χ0v) is 17.3. The number of ether oxygens (including phenoxy) is 2. The Morgan fingerprint density at radius 3 is 2.35 bits per heavy atom. The molecular formula is C22H19N3O5S. The Labute approximate surface area is 182 Å². The summed E-state index contributed by atoms with van der Waals surface area (Å²) >= 11 is 1.31. The van der Waals surface area contributed by atoms with Gasteiger partial charge in [-0.05, 0) is 65.5 Å². The molecule has 31 heavy (non-hydrogen) atoms. The van der Waals surface area contributed by atoms with Gasteiger partial charge in [0, 0.05) is 5.56 Å². The van der Waals surface area contributed by atoms with Gasteiger partial charge in [-0.25, -0.2) is 10.2 Å². The van der Waals surface area contributed by atoms with Gasteiger partial charge >= 0.3 is 5.97 Å². The second-order valence-electron chi connectivity index (χ2n) is 6.14. The number of nitrogens with zero attached hydrogens (tertiary/aromatic N) is 1. The summed E-state index contributed by atoms with van der Waals surface area (Å²) in [5, 5.41) is 8.16. The second-order valence-corrected chi connectivity index (χ2v) is 7.09. The Hall–Kier alpha value is -3.98. The molecule has 3 aromatic rings. The van der Waals surface area contributed by atoms with E-state index in [4.69, 9.17) is 9.47 Å². The number of benzene rings is 2. The molecule has 0 spiro atoms. The van der Waals surface area contributed by atoms with Crippen molar-refractivity contribution < 1.29 is 23.9 Å². The second kappa shape index (κ2) is 10.7. The van der Waals surface area contributed by atoms with Crippen LogP contribution in [-0.2, 0) is 4.79 Å². The van der Waals surface area contributed by atoms with Crippen LogP contribution in [0.5, 0.6) is 11.5 Å². The Bertz CT molecular complexity index is 1060. The lowest BCUT2D eigenvalue weighted by Gasteiger charge is -2.05. The highest BCUT2D eigenvalue weighted by atomic mass is 32.1. The highest BCUT2D eigenvalue weighted by Crippen LogP contribution is 2.16. The smallest absolute Gasteiger partial charge is 0.353 e. The van der Waals surface area contributed by atoms with Crippen molar-refractivity contribution in [3.8, 4) is 11.5 Å². The lowest BCUT2D eigenvalue weighted by Crippen LogP contribution is -2.34. The largest absolute Gasteiger partial charge is 0.497 e. The van der Waals surface area contributed by atoms with Gasteiger partial charge in [-0.3, -0.25) is 9.59 Å². The summed E-state index contributed by atoms with van der Waals surface area (Å²) in [6.45, 7) is -0.222. The number of thiophene rings is 1. The molecule has 0 saturated heterocycles. The summed E-state index contributed by atoms with van der Waals surface area (Å²) in [4.78, 5) is 36.3. The first-order valence-corrected chi connectivity index (χ1v) is 10.0. The third kappa shape index (κ3) is 6.51. The Balaban J connectivity index is 1.42. The number of amides is 2. The van der Waals surface area contributed by atoms with Crippen LogP contribution in [0, 0.1) is 0 Å². The fourth-order valence-electron chi connectivity index (χ4n) is 2.40. The van der Waals surface area contributed by atoms with Crippen LogP contribution in [0.4, 0.5) is 0 Å². The third-order valence-corrected chi connectivity index (χ3v) is 4.83. The molecule has 3 rings (SSSR count). The summed E-state index contributed by atoms with van der Waals surface area (Å²) in [5.41, 5.74) is 3.44. The zero-order valence-electron chi connectivity index (χ0n) is 16.5. The molecule has 1 heterocycles. The number of carbonyl (C=O) groups excluding carboxylic acids is 3. The van der Waals surface area contributed by atoms with Gasteiger partial charge in [-0.2, -0.15) is 5.10 Å². The molecule has 8 nitrogen and oxygen atoms in total. The van der Waals surface area contributed by atoms with Crippen molar-refractivity contribution in [3.05, 3.63) is 82.0 Å². The van der Waals surface area contributed by atoms with Crippen molar-refractivity contribution in [3.63, 3.8) is 0 Å². The molecule has 0 aliphatic carbocycles. The van der Waals surface area contributed by atoms with Crippen molar-refractivity contribution >= 4 is 35.3 Å². The topological polar surface area (TPSA) is 106 Å². The summed E-state index contributed by atoms with van der Waals surface area (Å²) in [6.07, 6.45) is 1.44. The number of hydrazone groups is 1. The molecule has 1 aromatic heterocycles. The van der Waals surface area contributed by atoms with Gasteiger partial charge in [0.15, 0.2) is 0 Å². The lowest BCUT2D eigenvalue weighted by molar-refractivity contribution is -0.120. The van der Waals surface area contributed by atoms with E-state index >= 15 is 0 Å². The van der Waals surface area contributed by atoms with Gasteiger partial charge in [-0.1, -0.05) is 6.07 Å². The molecule has 2 amide bonds. The van der Waals surface area contributed by atoms with E-state index in [0.29, 0.717) is 27.5 Å². The van der Waals surface area contributed by atoms with E-state index in [1.807, 2.05) is 0 Å². The monoisotopic (exact) mass is 437 g/mol. The highest BCUT2D eigenvalue weighted by Gasteiger charge is 2.09. The number of rotatable bonds is 8. The lowest BCUT2D eigenvalue weighted by atomic mass is 10.2. The molecular weight excluding hydrogens is 418 g/mol. The average Bonchev–Trinajstić information content (AvgIpc) is 3.34. The van der Waals surface area contributed by atoms with Crippen molar-refractivity contribution in [2.24, 2.45) is 5.10 Å². The van der Waals surface area contributed by atoms with Crippen LogP contribution >= 0.6 is 11.3 Å². The number of nitrogens with one attached hydrogen (secondary N) is 2. The predicted octanol–water partition coefficient (Wildman–Crippen LogP) is 2.86. The minimum absolute atomic E-state index is 0.222. The third-order valence-electron chi connectivity index (χ3n) is 3.98. The van der Waals surface area contributed by atoms with Crippen LogP contribution in [-0.4, -0.2) is 37.7 Å². The van der Waals surface area contributed by atoms with Crippen molar-refractivity contribution in [1.29, 1.82) is 0 Å². The van der Waals surface area contributed by atoms with Gasteiger partial charge in [0.05, 0.1) is 19.9 Å². The van der Waals surface area contributed by atoms with Crippen molar-refractivity contribution in [1.82, 2.24) is 10.7 Å². The van der Waals surface area contributed by atoms with E-state index in [2.05, 4.69) is 15.8 Å². The van der Waals surface area contributed by atoms with Crippen LogP contribution < -0.4 is 20.2 Å². The zero-order chi connectivity index (χ0) is 22.1. The fourth-order valence-corrected chi connectivity index (χ4v) is 3.00. The molecule has 0 bridgehead atoms.